The summed E-state index contributed by atoms with van der Waals surface area (Å²) in [5.41, 5.74) is 0. The van der Waals surface area contributed by atoms with Gasteiger partial charge in [-0.2, -0.15) is 8.78 Å². The van der Waals surface area contributed by atoms with Crippen LogP contribution in [0.15, 0.2) is 0 Å². The lowest BCUT2D eigenvalue weighted by Crippen LogP contribution is -2.45. The fourth-order valence-electron chi connectivity index (χ4n) is 2.12. The molecule has 2 nitrogen and oxygen atoms in total. The average molecular weight is 189 g/mol. The molecular formula is C9H13F2NO. The Morgan fingerprint density at radius 1 is 1.54 bits per heavy atom. The monoisotopic (exact) mass is 189 g/mol. The molecule has 0 radical (unpaired) electrons. The molecule has 1 amide bonds. The van der Waals surface area contributed by atoms with Gasteiger partial charge in [0.1, 0.15) is 0 Å². The molecule has 1 heterocycles. The van der Waals surface area contributed by atoms with Crippen molar-refractivity contribution in [2.45, 2.75) is 38.2 Å². The molecule has 74 valence electrons. The first-order valence-electron chi connectivity index (χ1n) is 4.69. The Kier molecular flexibility index (Phi) is 1.82. The van der Waals surface area contributed by atoms with Gasteiger partial charge in [0.2, 0.25) is 0 Å². The van der Waals surface area contributed by atoms with E-state index in [-0.39, 0.29) is 6.04 Å². The molecule has 1 saturated carbocycles. The van der Waals surface area contributed by atoms with Gasteiger partial charge in [0.25, 0.3) is 5.91 Å². The van der Waals surface area contributed by atoms with Gasteiger partial charge >= 0.3 is 5.92 Å². The number of rotatable bonds is 1. The minimum atomic E-state index is -3.19. The fourth-order valence-corrected chi connectivity index (χ4v) is 2.12. The van der Waals surface area contributed by atoms with Crippen molar-refractivity contribution < 1.29 is 13.6 Å². The molecule has 4 heteroatoms. The number of fused-ring (bicyclic) bond motifs is 1. The van der Waals surface area contributed by atoms with E-state index in [0.29, 0.717) is 19.4 Å². The lowest BCUT2D eigenvalue weighted by molar-refractivity contribution is -0.156. The molecule has 2 atom stereocenters. The Morgan fingerprint density at radius 3 is 2.85 bits per heavy atom. The van der Waals surface area contributed by atoms with Crippen molar-refractivity contribution in [3.05, 3.63) is 0 Å². The van der Waals surface area contributed by atoms with Crippen LogP contribution in [-0.4, -0.2) is 29.3 Å². The molecule has 2 aliphatic rings. The highest BCUT2D eigenvalue weighted by Gasteiger charge is 2.50. The highest BCUT2D eigenvalue weighted by molar-refractivity contribution is 5.83. The molecule has 0 spiro atoms. The number of halogens is 2. The van der Waals surface area contributed by atoms with E-state index < -0.39 is 11.8 Å². The maximum atomic E-state index is 12.7. The number of likely N-dealkylation sites (tertiary alicyclic amines) is 1. The van der Waals surface area contributed by atoms with Gasteiger partial charge in [-0.15, -0.1) is 0 Å². The van der Waals surface area contributed by atoms with E-state index in [1.54, 1.807) is 0 Å². The van der Waals surface area contributed by atoms with E-state index in [1.165, 1.54) is 4.90 Å². The Bertz CT molecular complexity index is 236. The minimum absolute atomic E-state index is 0.132. The second-order valence-corrected chi connectivity index (χ2v) is 4.09. The Hall–Kier alpha value is -0.670. The third kappa shape index (κ3) is 1.54. The van der Waals surface area contributed by atoms with Gasteiger partial charge in [0.05, 0.1) is 0 Å². The second kappa shape index (κ2) is 2.66. The summed E-state index contributed by atoms with van der Waals surface area (Å²) in [6.45, 7) is 1.20. The number of hydrogen-bond donors (Lipinski definition) is 0. The van der Waals surface area contributed by atoms with Crippen molar-refractivity contribution in [3.8, 4) is 0 Å². The standard InChI is InChI=1S/C9H13F2NO/c1-9(10,11)8(13)12-4-2-3-6-5-7(6)12/h6-7H,2-5H2,1H3. The second-order valence-electron chi connectivity index (χ2n) is 4.09. The molecule has 1 aliphatic carbocycles. The van der Waals surface area contributed by atoms with Crippen molar-refractivity contribution in [1.29, 1.82) is 0 Å². The van der Waals surface area contributed by atoms with E-state index in [1.807, 2.05) is 0 Å². The number of carbonyl (C=O) groups is 1. The first-order valence-corrected chi connectivity index (χ1v) is 4.69. The first kappa shape index (κ1) is 8.91. The summed E-state index contributed by atoms with van der Waals surface area (Å²) in [4.78, 5) is 12.6. The zero-order valence-electron chi connectivity index (χ0n) is 7.59. The Balaban J connectivity index is 2.04. The zero-order valence-corrected chi connectivity index (χ0v) is 7.59. The quantitative estimate of drug-likeness (QED) is 0.614. The first-order chi connectivity index (χ1) is 6.00. The van der Waals surface area contributed by atoms with Crippen LogP contribution in [0.4, 0.5) is 8.78 Å². The SMILES string of the molecule is CC(F)(F)C(=O)N1CCCC2CC21. The summed E-state index contributed by atoms with van der Waals surface area (Å²) >= 11 is 0. The van der Waals surface area contributed by atoms with Gasteiger partial charge in [-0.05, 0) is 25.2 Å². The van der Waals surface area contributed by atoms with E-state index >= 15 is 0 Å². The molecule has 0 bridgehead atoms. The smallest absolute Gasteiger partial charge is 0.322 e. The Labute approximate surface area is 75.9 Å². The highest BCUT2D eigenvalue weighted by Crippen LogP contribution is 2.44. The molecule has 1 aliphatic heterocycles. The van der Waals surface area contributed by atoms with Crippen molar-refractivity contribution in [3.63, 3.8) is 0 Å². The lowest BCUT2D eigenvalue weighted by atomic mass is 10.1. The average Bonchev–Trinajstić information content (AvgIpc) is 2.78. The van der Waals surface area contributed by atoms with Crippen LogP contribution in [0.5, 0.6) is 0 Å². The van der Waals surface area contributed by atoms with E-state index in [9.17, 15) is 13.6 Å². The van der Waals surface area contributed by atoms with Crippen LogP contribution < -0.4 is 0 Å². The molecule has 2 rings (SSSR count). The van der Waals surface area contributed by atoms with Crippen LogP contribution in [-0.2, 0) is 4.79 Å². The van der Waals surface area contributed by atoms with Crippen LogP contribution in [0.1, 0.15) is 26.2 Å². The predicted molar refractivity (Wildman–Crippen MR) is 43.5 cm³/mol. The van der Waals surface area contributed by atoms with E-state index in [4.69, 9.17) is 0 Å². The Morgan fingerprint density at radius 2 is 2.23 bits per heavy atom. The molecule has 0 aromatic carbocycles. The van der Waals surface area contributed by atoms with Gasteiger partial charge in [0, 0.05) is 19.5 Å². The number of carbonyl (C=O) groups excluding carboxylic acids is 1. The van der Waals surface area contributed by atoms with Gasteiger partial charge in [-0.3, -0.25) is 4.79 Å². The third-order valence-electron chi connectivity index (χ3n) is 2.90. The third-order valence-corrected chi connectivity index (χ3v) is 2.90. The zero-order chi connectivity index (χ0) is 9.64. The maximum absolute atomic E-state index is 12.7. The topological polar surface area (TPSA) is 20.3 Å². The molecule has 0 N–H and O–H groups in total. The highest BCUT2D eigenvalue weighted by atomic mass is 19.3. The summed E-state index contributed by atoms with van der Waals surface area (Å²) in [6, 6.07) is 0.132. The lowest BCUT2D eigenvalue weighted by Gasteiger charge is -2.28. The molecule has 0 aromatic rings. The van der Waals surface area contributed by atoms with Gasteiger partial charge in [-0.1, -0.05) is 0 Å². The van der Waals surface area contributed by atoms with Crippen molar-refractivity contribution in [2.24, 2.45) is 5.92 Å². The maximum Gasteiger partial charge on any atom is 0.322 e. The number of amides is 1. The molecular weight excluding hydrogens is 176 g/mol. The summed E-state index contributed by atoms with van der Waals surface area (Å²) in [5.74, 6) is -3.66. The normalized spacial score (nSPS) is 32.7. The van der Waals surface area contributed by atoms with Crippen molar-refractivity contribution in [1.82, 2.24) is 4.90 Å². The number of hydrogen-bond acceptors (Lipinski definition) is 1. The van der Waals surface area contributed by atoms with Crippen LogP contribution >= 0.6 is 0 Å². The summed E-state index contributed by atoms with van der Waals surface area (Å²) < 4.78 is 25.4. The van der Waals surface area contributed by atoms with Crippen molar-refractivity contribution in [2.75, 3.05) is 6.54 Å². The summed E-state index contributed by atoms with van der Waals surface area (Å²) in [5, 5.41) is 0. The van der Waals surface area contributed by atoms with Crippen LogP contribution in [0.3, 0.4) is 0 Å². The van der Waals surface area contributed by atoms with Gasteiger partial charge in [-0.25, -0.2) is 0 Å². The molecule has 0 aromatic heterocycles. The summed E-state index contributed by atoms with van der Waals surface area (Å²) in [7, 11) is 0. The largest absolute Gasteiger partial charge is 0.334 e. The molecule has 2 fully saturated rings. The number of nitrogens with zero attached hydrogens (tertiary/aromatic N) is 1. The predicted octanol–water partition coefficient (Wildman–Crippen LogP) is 1.65. The van der Waals surface area contributed by atoms with E-state index in [0.717, 1.165) is 19.3 Å². The van der Waals surface area contributed by atoms with Gasteiger partial charge < -0.3 is 4.90 Å². The van der Waals surface area contributed by atoms with E-state index in [2.05, 4.69) is 0 Å². The number of piperidine rings is 1. The van der Waals surface area contributed by atoms with Crippen molar-refractivity contribution >= 4 is 5.91 Å². The molecule has 13 heavy (non-hydrogen) atoms. The molecule has 1 saturated heterocycles. The van der Waals surface area contributed by atoms with Crippen LogP contribution in [0, 0.1) is 5.92 Å². The fraction of sp³-hybridized carbons (Fsp3) is 0.889. The minimum Gasteiger partial charge on any atom is -0.334 e. The number of alkyl halides is 2. The van der Waals surface area contributed by atoms with Crippen LogP contribution in [0.25, 0.3) is 0 Å². The van der Waals surface area contributed by atoms with Crippen LogP contribution in [0.2, 0.25) is 0 Å². The summed E-state index contributed by atoms with van der Waals surface area (Å²) in [6.07, 6.45) is 2.91. The van der Waals surface area contributed by atoms with Gasteiger partial charge in [0.15, 0.2) is 0 Å². The molecule has 2 unspecified atom stereocenters.